The first-order chi connectivity index (χ1) is 15.0. The summed E-state index contributed by atoms with van der Waals surface area (Å²) in [6.07, 6.45) is 2.88. The molecule has 1 aromatic carbocycles. The molecular formula is C26H37N3O2S. The smallest absolute Gasteiger partial charge is 0.258 e. The Morgan fingerprint density at radius 2 is 1.94 bits per heavy atom. The molecule has 0 bridgehead atoms. The molecule has 1 heterocycles. The van der Waals surface area contributed by atoms with Gasteiger partial charge in [0, 0.05) is 10.6 Å². The lowest BCUT2D eigenvalue weighted by molar-refractivity contribution is -0.115. The van der Waals surface area contributed by atoms with E-state index in [9.17, 15) is 9.59 Å². The van der Waals surface area contributed by atoms with Crippen LogP contribution in [0.5, 0.6) is 0 Å². The normalized spacial score (nSPS) is 16.0. The summed E-state index contributed by atoms with van der Waals surface area (Å²) in [4.78, 5) is 27.2. The monoisotopic (exact) mass is 455 g/mol. The lowest BCUT2D eigenvalue weighted by Gasteiger charge is -2.33. The first kappa shape index (κ1) is 24.5. The number of fused-ring (bicyclic) bond motifs is 1. The van der Waals surface area contributed by atoms with Crippen LogP contribution in [-0.2, 0) is 17.6 Å². The molecule has 1 aliphatic carbocycles. The quantitative estimate of drug-likeness (QED) is 0.506. The summed E-state index contributed by atoms with van der Waals surface area (Å²) >= 11 is 1.57. The second-order valence-electron chi connectivity index (χ2n) is 10.4. The molecule has 0 aliphatic heterocycles. The van der Waals surface area contributed by atoms with Crippen LogP contribution in [0, 0.1) is 24.2 Å². The van der Waals surface area contributed by atoms with E-state index < -0.39 is 0 Å². The van der Waals surface area contributed by atoms with Crippen molar-refractivity contribution in [2.75, 3.05) is 23.7 Å². The van der Waals surface area contributed by atoms with Crippen LogP contribution < -0.4 is 16.0 Å². The van der Waals surface area contributed by atoms with Crippen molar-refractivity contribution < 1.29 is 9.59 Å². The molecule has 0 radical (unpaired) electrons. The number of aryl methyl sites for hydroxylation is 1. The van der Waals surface area contributed by atoms with Gasteiger partial charge < -0.3 is 16.0 Å². The Labute approximate surface area is 196 Å². The second kappa shape index (κ2) is 10.2. The molecule has 5 nitrogen and oxygen atoms in total. The summed E-state index contributed by atoms with van der Waals surface area (Å²) < 4.78 is 0. The average molecular weight is 456 g/mol. The van der Waals surface area contributed by atoms with Gasteiger partial charge in [0.1, 0.15) is 5.00 Å². The molecule has 1 aliphatic rings. The van der Waals surface area contributed by atoms with Crippen molar-refractivity contribution in [3.8, 4) is 0 Å². The maximum atomic E-state index is 13.4. The summed E-state index contributed by atoms with van der Waals surface area (Å²) in [5.74, 6) is 0.786. The van der Waals surface area contributed by atoms with Crippen molar-refractivity contribution in [2.24, 2.45) is 17.3 Å². The van der Waals surface area contributed by atoms with Crippen LogP contribution in [-0.4, -0.2) is 24.9 Å². The van der Waals surface area contributed by atoms with E-state index in [4.69, 9.17) is 0 Å². The third kappa shape index (κ3) is 6.20. The molecule has 0 fully saturated rings. The summed E-state index contributed by atoms with van der Waals surface area (Å²) in [6.45, 7) is 14.1. The zero-order valence-corrected chi connectivity index (χ0v) is 21.0. The number of hydrogen-bond acceptors (Lipinski definition) is 4. The van der Waals surface area contributed by atoms with Crippen molar-refractivity contribution in [3.05, 3.63) is 45.8 Å². The van der Waals surface area contributed by atoms with Gasteiger partial charge in [-0.05, 0) is 73.2 Å². The largest absolute Gasteiger partial charge is 0.322 e. The maximum absolute atomic E-state index is 13.4. The van der Waals surface area contributed by atoms with Gasteiger partial charge in [0.25, 0.3) is 5.91 Å². The minimum absolute atomic E-state index is 0.110. The van der Waals surface area contributed by atoms with Crippen molar-refractivity contribution in [2.45, 2.75) is 60.8 Å². The van der Waals surface area contributed by atoms with Gasteiger partial charge in [0.15, 0.2) is 0 Å². The molecule has 174 valence electrons. The Balaban J connectivity index is 1.86. The number of thiophene rings is 1. The second-order valence-corrected chi connectivity index (χ2v) is 11.5. The highest BCUT2D eigenvalue weighted by Gasteiger charge is 2.34. The molecule has 32 heavy (non-hydrogen) atoms. The molecule has 3 N–H and O–H groups in total. The van der Waals surface area contributed by atoms with E-state index >= 15 is 0 Å². The van der Waals surface area contributed by atoms with E-state index in [1.807, 2.05) is 31.2 Å². The zero-order chi connectivity index (χ0) is 23.5. The van der Waals surface area contributed by atoms with Crippen LogP contribution in [0.25, 0.3) is 0 Å². The lowest BCUT2D eigenvalue weighted by Crippen LogP contribution is -2.31. The highest BCUT2D eigenvalue weighted by molar-refractivity contribution is 7.17. The number of anilines is 2. The Bertz CT molecular complexity index is 972. The van der Waals surface area contributed by atoms with Gasteiger partial charge in [0.2, 0.25) is 5.91 Å². The molecule has 2 aromatic rings. The van der Waals surface area contributed by atoms with Gasteiger partial charge in [-0.15, -0.1) is 11.3 Å². The van der Waals surface area contributed by atoms with E-state index in [2.05, 4.69) is 50.6 Å². The number of carbonyl (C=O) groups excluding carboxylic acids is 2. The Hall–Kier alpha value is -2.18. The van der Waals surface area contributed by atoms with Crippen LogP contribution >= 0.6 is 11.3 Å². The highest BCUT2D eigenvalue weighted by Crippen LogP contribution is 2.44. The van der Waals surface area contributed by atoms with Gasteiger partial charge in [-0.1, -0.05) is 46.8 Å². The fourth-order valence-electron chi connectivity index (χ4n) is 4.21. The third-order valence-electron chi connectivity index (χ3n) is 6.08. The van der Waals surface area contributed by atoms with Crippen molar-refractivity contribution in [3.63, 3.8) is 0 Å². The van der Waals surface area contributed by atoms with Gasteiger partial charge in [-0.2, -0.15) is 0 Å². The molecule has 2 amide bonds. The van der Waals surface area contributed by atoms with Crippen molar-refractivity contribution in [1.29, 1.82) is 0 Å². The molecule has 3 rings (SSSR count). The Morgan fingerprint density at radius 3 is 2.59 bits per heavy atom. The van der Waals surface area contributed by atoms with Crippen molar-refractivity contribution >= 4 is 33.8 Å². The molecule has 0 saturated carbocycles. The Morgan fingerprint density at radius 1 is 1.19 bits per heavy atom. The van der Waals surface area contributed by atoms with Gasteiger partial charge in [-0.25, -0.2) is 0 Å². The van der Waals surface area contributed by atoms with E-state index in [0.29, 0.717) is 22.4 Å². The predicted octanol–water partition coefficient (Wildman–Crippen LogP) is 5.64. The molecule has 6 heteroatoms. The minimum atomic E-state index is -0.146. The first-order valence-electron chi connectivity index (χ1n) is 11.6. The van der Waals surface area contributed by atoms with Gasteiger partial charge >= 0.3 is 0 Å². The summed E-state index contributed by atoms with van der Waals surface area (Å²) in [6, 6.07) is 7.80. The fourth-order valence-corrected chi connectivity index (χ4v) is 5.56. The molecule has 1 atom stereocenters. The third-order valence-corrected chi connectivity index (χ3v) is 7.25. The maximum Gasteiger partial charge on any atom is 0.258 e. The topological polar surface area (TPSA) is 70.2 Å². The SMILES string of the molecule is Cc1cccc(NC(=O)c2c(NC(=O)CNCC(C)C)sc3c2CCC(C(C)(C)C)C3)c1. The summed E-state index contributed by atoms with van der Waals surface area (Å²) in [5.41, 5.74) is 3.82. The number of rotatable bonds is 7. The van der Waals surface area contributed by atoms with E-state index in [1.165, 1.54) is 4.88 Å². The highest BCUT2D eigenvalue weighted by atomic mass is 32.1. The van der Waals surface area contributed by atoms with Crippen LogP contribution in [0.3, 0.4) is 0 Å². The van der Waals surface area contributed by atoms with E-state index in [1.54, 1.807) is 11.3 Å². The van der Waals surface area contributed by atoms with Crippen LogP contribution in [0.15, 0.2) is 24.3 Å². The number of nitrogens with one attached hydrogen (secondary N) is 3. The Kier molecular flexibility index (Phi) is 7.78. The van der Waals surface area contributed by atoms with Gasteiger partial charge in [0.05, 0.1) is 12.1 Å². The number of benzene rings is 1. The first-order valence-corrected chi connectivity index (χ1v) is 12.4. The fraction of sp³-hybridized carbons (Fsp3) is 0.538. The molecular weight excluding hydrogens is 418 g/mol. The molecule has 0 spiro atoms. The minimum Gasteiger partial charge on any atom is -0.322 e. The van der Waals surface area contributed by atoms with Crippen LogP contribution in [0.2, 0.25) is 0 Å². The average Bonchev–Trinajstić information content (AvgIpc) is 3.03. The summed E-state index contributed by atoms with van der Waals surface area (Å²) in [7, 11) is 0. The predicted molar refractivity (Wildman–Crippen MR) is 135 cm³/mol. The van der Waals surface area contributed by atoms with E-state index in [-0.39, 0.29) is 23.8 Å². The van der Waals surface area contributed by atoms with Gasteiger partial charge in [-0.3, -0.25) is 9.59 Å². The zero-order valence-electron chi connectivity index (χ0n) is 20.2. The molecule has 0 saturated heterocycles. The number of amides is 2. The van der Waals surface area contributed by atoms with Crippen LogP contribution in [0.4, 0.5) is 10.7 Å². The molecule has 1 unspecified atom stereocenters. The van der Waals surface area contributed by atoms with Crippen molar-refractivity contribution in [1.82, 2.24) is 5.32 Å². The van der Waals surface area contributed by atoms with E-state index in [0.717, 1.165) is 42.6 Å². The lowest BCUT2D eigenvalue weighted by atomic mass is 9.72. The standard InChI is InChI=1S/C26H37N3O2S/c1-16(2)14-27-15-22(30)29-25-23(24(31)28-19-9-7-8-17(3)12-19)20-11-10-18(26(4,5)6)13-21(20)32-25/h7-9,12,16,18,27H,10-11,13-15H2,1-6H3,(H,28,31)(H,29,30). The van der Waals surface area contributed by atoms with Crippen LogP contribution in [0.1, 0.15) is 67.4 Å². The summed E-state index contributed by atoms with van der Waals surface area (Å²) in [5, 5.41) is 9.93. The molecule has 1 aromatic heterocycles. The number of carbonyl (C=O) groups is 2. The number of hydrogen-bond donors (Lipinski definition) is 3.